The van der Waals surface area contributed by atoms with Crippen molar-refractivity contribution in [1.82, 2.24) is 19.9 Å². The van der Waals surface area contributed by atoms with Gasteiger partial charge in [-0.1, -0.05) is 0 Å². The Balaban J connectivity index is 1.92. The fourth-order valence-electron chi connectivity index (χ4n) is 1.68. The lowest BCUT2D eigenvalue weighted by atomic mass is 10.3. The van der Waals surface area contributed by atoms with Crippen molar-refractivity contribution in [2.45, 2.75) is 19.9 Å². The summed E-state index contributed by atoms with van der Waals surface area (Å²) in [5, 5.41) is 12.2. The van der Waals surface area contributed by atoms with E-state index < -0.39 is 5.97 Å². The van der Waals surface area contributed by atoms with Gasteiger partial charge in [0.05, 0.1) is 19.3 Å². The van der Waals surface area contributed by atoms with Crippen LogP contribution in [0, 0.1) is 6.92 Å². The van der Waals surface area contributed by atoms with Gasteiger partial charge in [-0.3, -0.25) is 4.79 Å². The maximum Gasteiger partial charge on any atom is 0.355 e. The van der Waals surface area contributed by atoms with Crippen LogP contribution < -0.4 is 5.32 Å². The van der Waals surface area contributed by atoms with Gasteiger partial charge in [-0.2, -0.15) is 0 Å². The molecule has 20 heavy (non-hydrogen) atoms. The summed E-state index contributed by atoms with van der Waals surface area (Å²) in [6, 6.07) is 0. The van der Waals surface area contributed by atoms with Gasteiger partial charge < -0.3 is 15.0 Å². The first-order valence-electron chi connectivity index (χ1n) is 5.89. The molecule has 1 amide bonds. The second-order valence-corrected chi connectivity index (χ2v) is 5.55. The number of carboxylic acids is 1. The number of aryl methyl sites for hydroxylation is 2. The van der Waals surface area contributed by atoms with Crippen molar-refractivity contribution in [3.05, 3.63) is 33.8 Å². The number of carbonyl (C=O) groups excluding carboxylic acids is 1. The molecule has 0 saturated carbocycles. The molecule has 0 aliphatic carbocycles. The average molecular weight is 294 g/mol. The SMILES string of the molecule is Cc1sc(CNC(=O)Cc2cncn2C)nc1C(=O)O. The summed E-state index contributed by atoms with van der Waals surface area (Å²) in [6.07, 6.45) is 3.49. The summed E-state index contributed by atoms with van der Waals surface area (Å²) in [7, 11) is 1.82. The summed E-state index contributed by atoms with van der Waals surface area (Å²) in [5.74, 6) is -1.20. The lowest BCUT2D eigenvalue weighted by Gasteiger charge is -2.03. The standard InChI is InChI=1S/C12H14N4O3S/c1-7-11(12(18)19)15-10(20-7)5-14-9(17)3-8-4-13-6-16(8)2/h4,6H,3,5H2,1-2H3,(H,14,17)(H,18,19). The fraction of sp³-hybridized carbons (Fsp3) is 0.333. The number of hydrogen-bond acceptors (Lipinski definition) is 5. The number of aromatic carboxylic acids is 1. The zero-order valence-electron chi connectivity index (χ0n) is 11.1. The van der Waals surface area contributed by atoms with Crippen LogP contribution in [0.25, 0.3) is 0 Å². The van der Waals surface area contributed by atoms with Gasteiger partial charge >= 0.3 is 5.97 Å². The molecular formula is C12H14N4O3S. The summed E-state index contributed by atoms with van der Waals surface area (Å²) in [5.41, 5.74) is 0.856. The first-order valence-corrected chi connectivity index (χ1v) is 6.70. The van der Waals surface area contributed by atoms with Gasteiger partial charge in [0.15, 0.2) is 5.69 Å². The summed E-state index contributed by atoms with van der Waals surface area (Å²) < 4.78 is 1.77. The first-order chi connectivity index (χ1) is 9.47. The lowest BCUT2D eigenvalue weighted by Crippen LogP contribution is -2.25. The van der Waals surface area contributed by atoms with Gasteiger partial charge in [0.2, 0.25) is 5.91 Å². The number of carbonyl (C=O) groups is 2. The molecule has 8 heteroatoms. The van der Waals surface area contributed by atoms with E-state index in [1.54, 1.807) is 24.0 Å². The molecule has 0 radical (unpaired) electrons. The van der Waals surface area contributed by atoms with Gasteiger partial charge in [-0.15, -0.1) is 11.3 Å². The number of rotatable bonds is 5. The molecule has 0 aliphatic heterocycles. The molecular weight excluding hydrogens is 280 g/mol. The van der Waals surface area contributed by atoms with Crippen LogP contribution in [0.3, 0.4) is 0 Å². The second kappa shape index (κ2) is 5.83. The molecule has 2 heterocycles. The van der Waals surface area contributed by atoms with E-state index in [9.17, 15) is 9.59 Å². The van der Waals surface area contributed by atoms with Gasteiger partial charge in [-0.25, -0.2) is 14.8 Å². The minimum atomic E-state index is -1.05. The van der Waals surface area contributed by atoms with Crippen LogP contribution in [0.2, 0.25) is 0 Å². The minimum absolute atomic E-state index is 0.0471. The second-order valence-electron chi connectivity index (χ2n) is 4.27. The van der Waals surface area contributed by atoms with Crippen LogP contribution in [0.1, 0.15) is 26.1 Å². The van der Waals surface area contributed by atoms with E-state index in [0.29, 0.717) is 9.88 Å². The van der Waals surface area contributed by atoms with E-state index in [1.807, 2.05) is 7.05 Å². The number of thiazole rings is 1. The zero-order chi connectivity index (χ0) is 14.7. The van der Waals surface area contributed by atoms with Crippen molar-refractivity contribution in [3.8, 4) is 0 Å². The Morgan fingerprint density at radius 2 is 2.25 bits per heavy atom. The number of carboxylic acid groups (broad SMARTS) is 1. The molecule has 0 bridgehead atoms. The highest BCUT2D eigenvalue weighted by Gasteiger charge is 2.14. The molecule has 2 N–H and O–H groups in total. The Bertz CT molecular complexity index is 647. The van der Waals surface area contributed by atoms with E-state index in [4.69, 9.17) is 5.11 Å². The minimum Gasteiger partial charge on any atom is -0.476 e. The zero-order valence-corrected chi connectivity index (χ0v) is 11.9. The summed E-state index contributed by atoms with van der Waals surface area (Å²) >= 11 is 1.27. The van der Waals surface area contributed by atoms with Gasteiger partial charge in [0.25, 0.3) is 0 Å². The van der Waals surface area contributed by atoms with Crippen LogP contribution in [0.5, 0.6) is 0 Å². The van der Waals surface area contributed by atoms with Crippen LogP contribution in [0.4, 0.5) is 0 Å². The molecule has 0 unspecified atom stereocenters. The third-order valence-corrected chi connectivity index (χ3v) is 3.71. The van der Waals surface area contributed by atoms with Crippen molar-refractivity contribution < 1.29 is 14.7 Å². The number of aromatic nitrogens is 3. The van der Waals surface area contributed by atoms with E-state index >= 15 is 0 Å². The van der Waals surface area contributed by atoms with Crippen molar-refractivity contribution in [2.75, 3.05) is 0 Å². The molecule has 0 fully saturated rings. The van der Waals surface area contributed by atoms with Crippen molar-refractivity contribution >= 4 is 23.2 Å². The predicted octanol–water partition coefficient (Wildman–Crippen LogP) is 0.742. The Labute approximate surface area is 119 Å². The maximum absolute atomic E-state index is 11.8. The molecule has 0 atom stereocenters. The fourth-order valence-corrected chi connectivity index (χ4v) is 2.55. The van der Waals surface area contributed by atoms with Crippen molar-refractivity contribution in [3.63, 3.8) is 0 Å². The molecule has 0 aliphatic rings. The maximum atomic E-state index is 11.8. The average Bonchev–Trinajstić information content (AvgIpc) is 2.94. The number of hydrogen-bond donors (Lipinski definition) is 2. The normalized spacial score (nSPS) is 10.5. The smallest absolute Gasteiger partial charge is 0.355 e. The third-order valence-electron chi connectivity index (χ3n) is 2.74. The van der Waals surface area contributed by atoms with Crippen LogP contribution >= 0.6 is 11.3 Å². The monoisotopic (exact) mass is 294 g/mol. The Kier molecular flexibility index (Phi) is 4.14. The predicted molar refractivity (Wildman–Crippen MR) is 72.6 cm³/mol. The van der Waals surface area contributed by atoms with E-state index in [0.717, 1.165) is 5.69 Å². The first kappa shape index (κ1) is 14.2. The summed E-state index contributed by atoms with van der Waals surface area (Å²) in [4.78, 5) is 31.2. The summed E-state index contributed by atoms with van der Waals surface area (Å²) in [6.45, 7) is 1.93. The number of nitrogens with one attached hydrogen (secondary N) is 1. The lowest BCUT2D eigenvalue weighted by molar-refractivity contribution is -0.120. The third kappa shape index (κ3) is 3.21. The molecule has 0 saturated heterocycles. The Hall–Kier alpha value is -2.22. The van der Waals surface area contributed by atoms with E-state index in [1.165, 1.54) is 11.3 Å². The molecule has 0 spiro atoms. The molecule has 106 valence electrons. The molecule has 2 rings (SSSR count). The van der Waals surface area contributed by atoms with E-state index in [-0.39, 0.29) is 24.6 Å². The highest BCUT2D eigenvalue weighted by Crippen LogP contribution is 2.17. The van der Waals surface area contributed by atoms with Gasteiger partial charge in [0.1, 0.15) is 5.01 Å². The van der Waals surface area contributed by atoms with Crippen molar-refractivity contribution in [2.24, 2.45) is 7.05 Å². The van der Waals surface area contributed by atoms with Crippen LogP contribution in [-0.4, -0.2) is 31.5 Å². The molecule has 2 aromatic rings. The number of nitrogens with zero attached hydrogens (tertiary/aromatic N) is 3. The van der Waals surface area contributed by atoms with Gasteiger partial charge in [0, 0.05) is 23.8 Å². The highest BCUT2D eigenvalue weighted by molar-refractivity contribution is 7.11. The highest BCUT2D eigenvalue weighted by atomic mass is 32.1. The van der Waals surface area contributed by atoms with Crippen LogP contribution in [-0.2, 0) is 24.8 Å². The van der Waals surface area contributed by atoms with E-state index in [2.05, 4.69) is 15.3 Å². The molecule has 7 nitrogen and oxygen atoms in total. The number of amides is 1. The quantitative estimate of drug-likeness (QED) is 0.848. The Morgan fingerprint density at radius 3 is 2.80 bits per heavy atom. The molecule has 0 aromatic carbocycles. The van der Waals surface area contributed by atoms with Gasteiger partial charge in [-0.05, 0) is 6.92 Å². The topological polar surface area (TPSA) is 97.1 Å². The number of imidazole rings is 1. The van der Waals surface area contributed by atoms with Crippen molar-refractivity contribution in [1.29, 1.82) is 0 Å². The van der Waals surface area contributed by atoms with Crippen LogP contribution in [0.15, 0.2) is 12.5 Å². The molecule has 2 aromatic heterocycles. The largest absolute Gasteiger partial charge is 0.476 e. The Morgan fingerprint density at radius 1 is 1.50 bits per heavy atom.